The Labute approximate surface area is 453 Å². The van der Waals surface area contributed by atoms with E-state index in [1.54, 1.807) is 0 Å². The first-order chi connectivity index (χ1) is 35.6. The number of rotatable bonds is 61. The molecule has 2 unspecified atom stereocenters. The van der Waals surface area contributed by atoms with E-state index in [0.29, 0.717) is 17.4 Å². The molecule has 0 aromatic carbocycles. The maximum atomic E-state index is 12.9. The molecule has 434 valence electrons. The van der Waals surface area contributed by atoms with Crippen molar-refractivity contribution in [3.63, 3.8) is 0 Å². The molecule has 0 bridgehead atoms. The van der Waals surface area contributed by atoms with Crippen molar-refractivity contribution < 1.29 is 42.9 Å². The topological polar surface area (TPSA) is 108 Å². The van der Waals surface area contributed by atoms with Crippen molar-refractivity contribution in [2.75, 3.05) is 47.5 Å². The number of unbranched alkanes of at least 4 members (excludes halogenated alkanes) is 46. The molecule has 0 heterocycles. The first-order valence-corrected chi connectivity index (χ1v) is 32.2. The van der Waals surface area contributed by atoms with Gasteiger partial charge in [0.15, 0.2) is 6.10 Å². The van der Waals surface area contributed by atoms with Crippen molar-refractivity contribution in [1.82, 2.24) is 0 Å². The van der Waals surface area contributed by atoms with Crippen LogP contribution >= 0.6 is 0 Å². The summed E-state index contributed by atoms with van der Waals surface area (Å²) in [4.78, 5) is 37.4. The van der Waals surface area contributed by atoms with Gasteiger partial charge in [-0.1, -0.05) is 309 Å². The summed E-state index contributed by atoms with van der Waals surface area (Å²) in [6.07, 6.45) is 62.2. The van der Waals surface area contributed by atoms with E-state index in [2.05, 4.69) is 13.8 Å². The van der Waals surface area contributed by atoms with Crippen LogP contribution in [-0.2, 0) is 33.3 Å². The predicted octanol–water partition coefficient (Wildman–Crippen LogP) is 19.1. The average molecular weight is 1040 g/mol. The van der Waals surface area contributed by atoms with Crippen molar-refractivity contribution in [2.24, 2.45) is 0 Å². The molecular formula is C64H126NO8+. The molecule has 0 aliphatic heterocycles. The fraction of sp³-hybridized carbons (Fsp3) is 0.953. The number of carbonyl (C=O) groups is 3. The van der Waals surface area contributed by atoms with Crippen molar-refractivity contribution in [3.05, 3.63) is 0 Å². The Morgan fingerprint density at radius 1 is 0.356 bits per heavy atom. The molecule has 0 amide bonds. The van der Waals surface area contributed by atoms with Crippen molar-refractivity contribution in [1.29, 1.82) is 0 Å². The van der Waals surface area contributed by atoms with E-state index in [9.17, 15) is 19.5 Å². The third kappa shape index (κ3) is 57.8. The number of carboxylic acid groups (broad SMARTS) is 1. The molecule has 9 nitrogen and oxygen atoms in total. The van der Waals surface area contributed by atoms with Crippen LogP contribution in [0.25, 0.3) is 0 Å². The molecule has 0 aliphatic rings. The molecule has 2 atom stereocenters. The lowest BCUT2D eigenvalue weighted by atomic mass is 10.0. The summed E-state index contributed by atoms with van der Waals surface area (Å²) < 4.78 is 22.9. The van der Waals surface area contributed by atoms with Gasteiger partial charge in [-0.25, -0.2) is 4.79 Å². The standard InChI is InChI=1S/C64H125NO8/c1-6-8-10-12-14-16-18-20-22-23-24-25-26-27-28-29-30-31-32-33-34-35-36-37-38-39-40-41-43-45-47-49-51-53-55-62(67)73-60(59-72-64(63(68)69)70-57-56-65(3,4)5)58-71-61(66)54-52-50-48-46-44-42-21-19-17-15-13-11-9-7-2/h60,64H,6-59H2,1-5H3/p+1. The summed E-state index contributed by atoms with van der Waals surface area (Å²) in [7, 11) is 5.98. The summed E-state index contributed by atoms with van der Waals surface area (Å²) >= 11 is 0. The van der Waals surface area contributed by atoms with Gasteiger partial charge in [-0.05, 0) is 12.8 Å². The third-order valence-electron chi connectivity index (χ3n) is 14.9. The van der Waals surface area contributed by atoms with E-state index in [0.717, 1.165) is 38.5 Å². The predicted molar refractivity (Wildman–Crippen MR) is 309 cm³/mol. The number of aliphatic carboxylic acids is 1. The highest BCUT2D eigenvalue weighted by atomic mass is 16.7. The summed E-state index contributed by atoms with van der Waals surface area (Å²) in [6.45, 7) is 4.95. The number of ether oxygens (including phenoxy) is 4. The first kappa shape index (κ1) is 71.3. The molecule has 0 saturated heterocycles. The van der Waals surface area contributed by atoms with Crippen LogP contribution in [0.2, 0.25) is 0 Å². The van der Waals surface area contributed by atoms with Crippen LogP contribution < -0.4 is 0 Å². The van der Waals surface area contributed by atoms with Crippen molar-refractivity contribution in [2.45, 2.75) is 347 Å². The van der Waals surface area contributed by atoms with Crippen LogP contribution in [0.5, 0.6) is 0 Å². The van der Waals surface area contributed by atoms with Gasteiger partial charge in [0.05, 0.1) is 34.4 Å². The Bertz CT molecular complexity index is 1160. The lowest BCUT2D eigenvalue weighted by Gasteiger charge is -2.25. The Balaban J connectivity index is 3.97. The van der Waals surface area contributed by atoms with Gasteiger partial charge >= 0.3 is 17.9 Å². The van der Waals surface area contributed by atoms with Crippen LogP contribution in [-0.4, -0.2) is 87.4 Å². The summed E-state index contributed by atoms with van der Waals surface area (Å²) in [5.41, 5.74) is 0. The second kappa shape index (κ2) is 56.5. The largest absolute Gasteiger partial charge is 0.477 e. The van der Waals surface area contributed by atoms with Gasteiger partial charge in [0, 0.05) is 12.8 Å². The zero-order valence-electron chi connectivity index (χ0n) is 49.6. The maximum Gasteiger partial charge on any atom is 0.361 e. The van der Waals surface area contributed by atoms with Crippen molar-refractivity contribution >= 4 is 17.9 Å². The van der Waals surface area contributed by atoms with Gasteiger partial charge in [-0.3, -0.25) is 9.59 Å². The number of hydrogen-bond donors (Lipinski definition) is 1. The van der Waals surface area contributed by atoms with Crippen LogP contribution in [0.15, 0.2) is 0 Å². The Morgan fingerprint density at radius 2 is 0.616 bits per heavy atom. The number of hydrogen-bond acceptors (Lipinski definition) is 7. The number of esters is 2. The van der Waals surface area contributed by atoms with E-state index >= 15 is 0 Å². The zero-order valence-corrected chi connectivity index (χ0v) is 49.6. The van der Waals surface area contributed by atoms with Gasteiger partial charge in [0.1, 0.15) is 13.2 Å². The highest BCUT2D eigenvalue weighted by Gasteiger charge is 2.25. The fourth-order valence-electron chi connectivity index (χ4n) is 9.90. The Hall–Kier alpha value is -1.71. The van der Waals surface area contributed by atoms with Gasteiger partial charge in [0.2, 0.25) is 0 Å². The number of likely N-dealkylation sites (N-methyl/N-ethyl adjacent to an activating group) is 1. The molecule has 0 saturated carbocycles. The van der Waals surface area contributed by atoms with E-state index in [4.69, 9.17) is 18.9 Å². The van der Waals surface area contributed by atoms with Crippen LogP contribution in [0.4, 0.5) is 0 Å². The van der Waals surface area contributed by atoms with Gasteiger partial charge in [0.25, 0.3) is 6.29 Å². The molecule has 73 heavy (non-hydrogen) atoms. The highest BCUT2D eigenvalue weighted by molar-refractivity contribution is 5.71. The fourth-order valence-corrected chi connectivity index (χ4v) is 9.90. The molecular weight excluding hydrogens is 911 g/mol. The minimum Gasteiger partial charge on any atom is -0.477 e. The summed E-state index contributed by atoms with van der Waals surface area (Å²) in [5, 5.41) is 9.70. The van der Waals surface area contributed by atoms with Gasteiger partial charge in [-0.2, -0.15) is 0 Å². The average Bonchev–Trinajstić information content (AvgIpc) is 3.36. The number of carbonyl (C=O) groups excluding carboxylic acids is 2. The first-order valence-electron chi connectivity index (χ1n) is 32.2. The van der Waals surface area contributed by atoms with Crippen LogP contribution in [0.1, 0.15) is 335 Å². The van der Waals surface area contributed by atoms with E-state index in [1.165, 1.54) is 270 Å². The summed E-state index contributed by atoms with van der Waals surface area (Å²) in [5.74, 6) is -1.97. The molecule has 0 aliphatic carbocycles. The van der Waals surface area contributed by atoms with Crippen molar-refractivity contribution in [3.8, 4) is 0 Å². The molecule has 0 spiro atoms. The van der Waals surface area contributed by atoms with Crippen LogP contribution in [0, 0.1) is 0 Å². The smallest absolute Gasteiger partial charge is 0.361 e. The lowest BCUT2D eigenvalue weighted by Crippen LogP contribution is -2.40. The molecule has 0 rings (SSSR count). The van der Waals surface area contributed by atoms with E-state index < -0.39 is 18.4 Å². The summed E-state index contributed by atoms with van der Waals surface area (Å²) in [6, 6.07) is 0. The molecule has 9 heteroatoms. The monoisotopic (exact) mass is 1040 g/mol. The molecule has 0 aromatic rings. The molecule has 1 N–H and O–H groups in total. The maximum absolute atomic E-state index is 12.9. The third-order valence-corrected chi connectivity index (χ3v) is 14.9. The number of quaternary nitrogens is 1. The Kier molecular flexibility index (Phi) is 55.2. The normalized spacial score (nSPS) is 12.6. The van der Waals surface area contributed by atoms with Crippen LogP contribution in [0.3, 0.4) is 0 Å². The van der Waals surface area contributed by atoms with E-state index in [1.807, 2.05) is 21.1 Å². The minimum absolute atomic E-state index is 0.173. The second-order valence-corrected chi connectivity index (χ2v) is 23.4. The highest BCUT2D eigenvalue weighted by Crippen LogP contribution is 2.19. The molecule has 0 aromatic heterocycles. The second-order valence-electron chi connectivity index (χ2n) is 23.4. The number of carboxylic acids is 1. The quantitative estimate of drug-likeness (QED) is 0.0278. The van der Waals surface area contributed by atoms with Gasteiger partial charge < -0.3 is 28.5 Å². The number of nitrogens with zero attached hydrogens (tertiary/aromatic N) is 1. The minimum atomic E-state index is -1.50. The van der Waals surface area contributed by atoms with Gasteiger partial charge in [-0.15, -0.1) is 0 Å². The Morgan fingerprint density at radius 3 is 0.877 bits per heavy atom. The SMILES string of the molecule is CCCCCCCCCCCCCCCCCCCCCCCCCCCCCCCCCCCCC(=O)OC(COC(=O)CCCCCCCCCCCCCCCC)COC(OCC[N+](C)(C)C)C(=O)O. The molecule has 0 fully saturated rings. The zero-order chi connectivity index (χ0) is 53.4. The lowest BCUT2D eigenvalue weighted by molar-refractivity contribution is -0.870. The van der Waals surface area contributed by atoms with E-state index in [-0.39, 0.29) is 38.2 Å². The molecule has 0 radical (unpaired) electrons.